The molecule has 1 heterocycles. The van der Waals surface area contributed by atoms with Gasteiger partial charge in [0, 0.05) is 33.0 Å². The molecule has 0 bridgehead atoms. The highest BCUT2D eigenvalue weighted by molar-refractivity contribution is 7.44. The number of rotatable bonds is 12. The molecule has 0 saturated heterocycles. The van der Waals surface area contributed by atoms with Crippen LogP contribution in [0.25, 0.3) is 20.2 Å². The minimum Gasteiger partial charge on any atom is -0.756 e. The molecule has 0 aliphatic heterocycles. The molecule has 3 aromatic rings. The number of fused-ring (bicyclic) bond motifs is 2. The van der Waals surface area contributed by atoms with Crippen molar-refractivity contribution in [2.75, 3.05) is 39.4 Å². The highest BCUT2D eigenvalue weighted by atomic mass is 32.1. The Hall–Kier alpha value is -1.80. The predicted octanol–water partition coefficient (Wildman–Crippen LogP) is 3.91. The summed E-state index contributed by atoms with van der Waals surface area (Å²) in [5.41, 5.74) is 0.0279. The molecule has 0 amide bonds. The molecule has 9 heteroatoms. The first-order chi connectivity index (χ1) is 15.3. The minimum atomic E-state index is -4.66. The third kappa shape index (κ3) is 6.38. The van der Waals surface area contributed by atoms with E-state index in [0.29, 0.717) is 24.2 Å². The minimum absolute atomic E-state index is 0.0158. The van der Waals surface area contributed by atoms with Crippen molar-refractivity contribution in [1.29, 1.82) is 0 Å². The van der Waals surface area contributed by atoms with Crippen LogP contribution in [0, 0.1) is 0 Å². The Labute approximate surface area is 192 Å². The number of phosphoric acid groups is 1. The normalized spacial score (nSPS) is 14.0. The van der Waals surface area contributed by atoms with E-state index in [1.165, 1.54) is 0 Å². The lowest BCUT2D eigenvalue weighted by Gasteiger charge is -2.37. The average Bonchev–Trinajstić information content (AvgIpc) is 2.78. The fourth-order valence-corrected chi connectivity index (χ4v) is 5.42. The molecule has 174 valence electrons. The number of benzene rings is 2. The van der Waals surface area contributed by atoms with Crippen LogP contribution in [-0.2, 0) is 9.09 Å². The molecular formula is C23H30NO6PS. The van der Waals surface area contributed by atoms with Crippen LogP contribution in [0.15, 0.2) is 47.3 Å². The maximum Gasteiger partial charge on any atom is 0.265 e. The molecule has 0 aliphatic rings. The Morgan fingerprint density at radius 1 is 1.00 bits per heavy atom. The average molecular weight is 480 g/mol. The molecule has 1 aromatic heterocycles. The van der Waals surface area contributed by atoms with E-state index in [2.05, 4.69) is 18.4 Å². The Balaban J connectivity index is 1.58. The molecule has 3 rings (SSSR count). The van der Waals surface area contributed by atoms with Gasteiger partial charge in [0.2, 0.25) is 0 Å². The first-order valence-electron chi connectivity index (χ1n) is 10.9. The van der Waals surface area contributed by atoms with E-state index in [1.807, 2.05) is 42.5 Å². The highest BCUT2D eigenvalue weighted by Crippen LogP contribution is 2.30. The second kappa shape index (κ2) is 10.9. The summed E-state index contributed by atoms with van der Waals surface area (Å²) in [5, 5.41) is 1.41. The molecule has 7 nitrogen and oxygen atoms in total. The SMILES string of the molecule is CC[N+](CC)(CCCOc1ccc2sc3ccccc3c(=O)c2c1)CCCOP(=O)([O-])O. The van der Waals surface area contributed by atoms with E-state index in [4.69, 9.17) is 9.63 Å². The number of phosphoric ester groups is 1. The molecule has 1 N–H and O–H groups in total. The Bertz CT molecular complexity index is 1150. The summed E-state index contributed by atoms with van der Waals surface area (Å²) in [5.74, 6) is 0.686. The van der Waals surface area contributed by atoms with Gasteiger partial charge in [-0.25, -0.2) is 0 Å². The van der Waals surface area contributed by atoms with Crippen molar-refractivity contribution in [3.8, 4) is 5.75 Å². The monoisotopic (exact) mass is 479 g/mol. The summed E-state index contributed by atoms with van der Waals surface area (Å²) in [4.78, 5) is 32.3. The fraction of sp³-hybridized carbons (Fsp3) is 0.435. The first kappa shape index (κ1) is 24.8. The molecular weight excluding hydrogens is 449 g/mol. The molecule has 0 radical (unpaired) electrons. The molecule has 0 saturated carbocycles. The van der Waals surface area contributed by atoms with Gasteiger partial charge in [-0.2, -0.15) is 0 Å². The number of nitrogens with zero attached hydrogens (tertiary/aromatic N) is 1. The van der Waals surface area contributed by atoms with Gasteiger partial charge in [-0.1, -0.05) is 12.1 Å². The number of quaternary nitrogens is 1. The fourth-order valence-electron chi connectivity index (χ4n) is 4.01. The van der Waals surface area contributed by atoms with Gasteiger partial charge >= 0.3 is 0 Å². The van der Waals surface area contributed by atoms with Crippen LogP contribution in [0.1, 0.15) is 26.7 Å². The van der Waals surface area contributed by atoms with Crippen LogP contribution in [0.3, 0.4) is 0 Å². The summed E-state index contributed by atoms with van der Waals surface area (Å²) >= 11 is 1.60. The quantitative estimate of drug-likeness (QED) is 0.183. The van der Waals surface area contributed by atoms with E-state index >= 15 is 0 Å². The summed E-state index contributed by atoms with van der Waals surface area (Å²) in [6.45, 7) is 8.20. The lowest BCUT2D eigenvalue weighted by molar-refractivity contribution is -0.925. The molecule has 1 atom stereocenters. The molecule has 32 heavy (non-hydrogen) atoms. The van der Waals surface area contributed by atoms with E-state index < -0.39 is 7.82 Å². The van der Waals surface area contributed by atoms with Crippen molar-refractivity contribution in [2.24, 2.45) is 0 Å². The standard InChI is InChI=1S/C23H30NO6PS/c1-3-24(4-2,14-8-16-30-31(26,27)28)13-7-15-29-18-11-12-22-20(17-18)23(25)19-9-5-6-10-21(19)32-22/h5-6,9-12,17H,3-4,7-8,13-16H2,1-2H3,(H-,26,27,28). The molecule has 0 spiro atoms. The molecule has 0 aliphatic carbocycles. The van der Waals surface area contributed by atoms with Gasteiger partial charge in [0.25, 0.3) is 7.82 Å². The first-order valence-corrected chi connectivity index (χ1v) is 13.2. The third-order valence-electron chi connectivity index (χ3n) is 5.97. The Morgan fingerprint density at radius 2 is 1.66 bits per heavy atom. The summed E-state index contributed by atoms with van der Waals surface area (Å²) in [7, 11) is -4.66. The predicted molar refractivity (Wildman–Crippen MR) is 127 cm³/mol. The zero-order valence-corrected chi connectivity index (χ0v) is 20.2. The maximum absolute atomic E-state index is 12.9. The second-order valence-electron chi connectivity index (χ2n) is 7.86. The van der Waals surface area contributed by atoms with E-state index in [1.54, 1.807) is 11.3 Å². The van der Waals surface area contributed by atoms with Crippen molar-refractivity contribution in [1.82, 2.24) is 0 Å². The number of hydrogen-bond donors (Lipinski definition) is 1. The Morgan fingerprint density at radius 3 is 2.34 bits per heavy atom. The Kier molecular flexibility index (Phi) is 8.44. The second-order valence-corrected chi connectivity index (χ2v) is 10.1. The number of ether oxygens (including phenoxy) is 1. The molecule has 0 fully saturated rings. The summed E-state index contributed by atoms with van der Waals surface area (Å²) < 4.78 is 23.9. The largest absolute Gasteiger partial charge is 0.756 e. The van der Waals surface area contributed by atoms with Gasteiger partial charge < -0.3 is 23.5 Å². The van der Waals surface area contributed by atoms with Crippen molar-refractivity contribution >= 4 is 39.3 Å². The van der Waals surface area contributed by atoms with Crippen LogP contribution >= 0.6 is 19.2 Å². The highest BCUT2D eigenvalue weighted by Gasteiger charge is 2.22. The zero-order valence-electron chi connectivity index (χ0n) is 18.5. The van der Waals surface area contributed by atoms with Crippen LogP contribution in [0.5, 0.6) is 5.75 Å². The molecule has 1 unspecified atom stereocenters. The van der Waals surface area contributed by atoms with Crippen LogP contribution in [0.2, 0.25) is 0 Å². The van der Waals surface area contributed by atoms with Crippen LogP contribution < -0.4 is 15.1 Å². The summed E-state index contributed by atoms with van der Waals surface area (Å²) in [6, 6.07) is 13.3. The van der Waals surface area contributed by atoms with Crippen molar-refractivity contribution in [3.05, 3.63) is 52.7 Å². The van der Waals surface area contributed by atoms with Gasteiger partial charge in [-0.15, -0.1) is 11.3 Å². The lowest BCUT2D eigenvalue weighted by Crippen LogP contribution is -2.49. The number of hydrogen-bond acceptors (Lipinski definition) is 6. The van der Waals surface area contributed by atoms with Gasteiger partial charge in [-0.3, -0.25) is 9.36 Å². The third-order valence-corrected chi connectivity index (χ3v) is 7.63. The van der Waals surface area contributed by atoms with Crippen molar-refractivity contribution in [3.63, 3.8) is 0 Å². The van der Waals surface area contributed by atoms with Crippen molar-refractivity contribution < 1.29 is 28.1 Å². The van der Waals surface area contributed by atoms with E-state index in [9.17, 15) is 14.3 Å². The smallest absolute Gasteiger partial charge is 0.265 e. The maximum atomic E-state index is 12.9. The summed E-state index contributed by atoms with van der Waals surface area (Å²) in [6.07, 6.45) is 1.37. The topological polar surface area (TPSA) is 95.9 Å². The zero-order chi connectivity index (χ0) is 23.2. The van der Waals surface area contributed by atoms with Gasteiger partial charge in [0.05, 0.1) is 39.4 Å². The lowest BCUT2D eigenvalue weighted by atomic mass is 10.2. The van der Waals surface area contributed by atoms with Crippen LogP contribution in [0.4, 0.5) is 0 Å². The molecule has 2 aromatic carbocycles. The van der Waals surface area contributed by atoms with E-state index in [0.717, 1.165) is 51.9 Å². The van der Waals surface area contributed by atoms with Gasteiger partial charge in [-0.05, 0) is 44.2 Å². The van der Waals surface area contributed by atoms with Gasteiger partial charge in [0.15, 0.2) is 5.43 Å². The van der Waals surface area contributed by atoms with Crippen molar-refractivity contribution in [2.45, 2.75) is 26.7 Å². The van der Waals surface area contributed by atoms with Gasteiger partial charge in [0.1, 0.15) is 5.75 Å². The van der Waals surface area contributed by atoms with Crippen LogP contribution in [-0.4, -0.2) is 48.8 Å². The van der Waals surface area contributed by atoms with E-state index in [-0.39, 0.29) is 12.0 Å².